The van der Waals surface area contributed by atoms with Crippen LogP contribution in [0.15, 0.2) is 18.2 Å². The second-order valence-electron chi connectivity index (χ2n) is 7.93. The fraction of sp³-hybridized carbons (Fsp3) is 0.667. The third-order valence-electron chi connectivity index (χ3n) is 3.29. The van der Waals surface area contributed by atoms with Crippen LogP contribution >= 0.6 is 7.92 Å². The smallest absolute Gasteiger partial charge is 0.494 e. The Bertz CT molecular complexity index is 507. The molecular weight excluding hydrogens is 366 g/mol. The number of hydrogen-bond donors (Lipinski definition) is 0. The molecule has 0 saturated heterocycles. The minimum atomic E-state index is -6.00. The fourth-order valence-corrected chi connectivity index (χ4v) is 7.76. The summed E-state index contributed by atoms with van der Waals surface area (Å²) in [6, 6.07) is 6.44. The van der Waals surface area contributed by atoms with Crippen molar-refractivity contribution in [1.29, 1.82) is 0 Å². The maximum absolute atomic E-state index is 9.75. The number of ether oxygens (including phenoxy) is 2. The molecule has 26 heavy (non-hydrogen) atoms. The normalized spacial score (nSPS) is 12.5. The predicted molar refractivity (Wildman–Crippen MR) is 106 cm³/mol. The zero-order valence-electron chi connectivity index (χ0n) is 17.1. The van der Waals surface area contributed by atoms with E-state index in [-0.39, 0.29) is 10.3 Å². The highest BCUT2D eigenvalue weighted by molar-refractivity contribution is 7.68. The van der Waals surface area contributed by atoms with Crippen molar-refractivity contribution in [1.82, 2.24) is 0 Å². The lowest BCUT2D eigenvalue weighted by atomic mass is 10.2. The summed E-state index contributed by atoms with van der Waals surface area (Å²) >= 11 is 0. The first kappa shape index (κ1) is 25.0. The largest absolute Gasteiger partial charge is 0.673 e. The van der Waals surface area contributed by atoms with Crippen LogP contribution in [0.25, 0.3) is 0 Å². The van der Waals surface area contributed by atoms with Crippen LogP contribution in [0.2, 0.25) is 0 Å². The molecule has 0 atom stereocenters. The van der Waals surface area contributed by atoms with Crippen LogP contribution in [-0.2, 0) is 0 Å². The highest BCUT2D eigenvalue weighted by atomic mass is 31.1. The van der Waals surface area contributed by atoms with Crippen molar-refractivity contribution in [3.05, 3.63) is 18.2 Å². The summed E-state index contributed by atoms with van der Waals surface area (Å²) in [4.78, 5) is 0. The standard InChI is InChI=1S/C18H31O2P.BF4/c1-9-19-14-11-15(20-10-2)13-16(12-14)21(17(3,4)5)18(6,7)8;2-1(3,4)5/h11-13H,9-10H2,1-8H3;/q;-1/p+1. The van der Waals surface area contributed by atoms with Gasteiger partial charge in [0.2, 0.25) is 0 Å². The van der Waals surface area contributed by atoms with Gasteiger partial charge in [0.05, 0.1) is 28.8 Å². The van der Waals surface area contributed by atoms with Crippen molar-refractivity contribution in [3.63, 3.8) is 0 Å². The van der Waals surface area contributed by atoms with Crippen LogP contribution in [0.5, 0.6) is 11.5 Å². The first-order valence-electron chi connectivity index (χ1n) is 8.75. The van der Waals surface area contributed by atoms with E-state index in [9.17, 15) is 17.3 Å². The Morgan fingerprint density at radius 3 is 1.31 bits per heavy atom. The molecule has 2 nitrogen and oxygen atoms in total. The molecule has 0 aromatic heterocycles. The molecule has 0 unspecified atom stereocenters. The summed E-state index contributed by atoms with van der Waals surface area (Å²) in [7, 11) is -6.79. The van der Waals surface area contributed by atoms with Gasteiger partial charge in [-0.1, -0.05) is 0 Å². The Morgan fingerprint density at radius 1 is 0.769 bits per heavy atom. The minimum absolute atomic E-state index is 0.275. The van der Waals surface area contributed by atoms with Gasteiger partial charge in [-0.3, -0.25) is 0 Å². The van der Waals surface area contributed by atoms with Crippen molar-refractivity contribution in [2.75, 3.05) is 13.2 Å². The molecule has 0 amide bonds. The van der Waals surface area contributed by atoms with Gasteiger partial charge in [-0.25, -0.2) is 0 Å². The van der Waals surface area contributed by atoms with Gasteiger partial charge in [-0.05, 0) is 55.4 Å². The van der Waals surface area contributed by atoms with Gasteiger partial charge in [-0.2, -0.15) is 0 Å². The van der Waals surface area contributed by atoms with E-state index >= 15 is 0 Å². The Balaban J connectivity index is 0.00000110. The topological polar surface area (TPSA) is 18.5 Å². The summed E-state index contributed by atoms with van der Waals surface area (Å²) < 4.78 is 50.5. The molecule has 8 heteroatoms. The molecule has 0 aliphatic carbocycles. The highest BCUT2D eigenvalue weighted by Gasteiger charge is 2.44. The Hall–Kier alpha value is -0.965. The van der Waals surface area contributed by atoms with Crippen LogP contribution in [0.1, 0.15) is 55.4 Å². The van der Waals surface area contributed by atoms with Gasteiger partial charge in [-0.15, -0.1) is 0 Å². The van der Waals surface area contributed by atoms with Crippen LogP contribution in [0.3, 0.4) is 0 Å². The van der Waals surface area contributed by atoms with Crippen LogP contribution in [0, 0.1) is 0 Å². The minimum Gasteiger partial charge on any atom is -0.494 e. The molecule has 0 heterocycles. The first-order chi connectivity index (χ1) is 11.6. The lowest BCUT2D eigenvalue weighted by Crippen LogP contribution is -2.31. The molecule has 0 N–H and O–H groups in total. The Kier molecular flexibility index (Phi) is 9.46. The van der Waals surface area contributed by atoms with Crippen molar-refractivity contribution in [2.45, 2.75) is 65.7 Å². The summed E-state index contributed by atoms with van der Waals surface area (Å²) in [5.41, 5.74) is 0. The van der Waals surface area contributed by atoms with E-state index in [0.29, 0.717) is 13.2 Å². The van der Waals surface area contributed by atoms with Crippen molar-refractivity contribution >= 4 is 20.5 Å². The lowest BCUT2D eigenvalue weighted by molar-refractivity contribution is 0.323. The second-order valence-corrected chi connectivity index (χ2v) is 12.3. The molecule has 0 aliphatic heterocycles. The molecule has 0 radical (unpaired) electrons. The molecule has 0 spiro atoms. The lowest BCUT2D eigenvalue weighted by Gasteiger charge is -2.34. The van der Waals surface area contributed by atoms with Crippen molar-refractivity contribution in [2.24, 2.45) is 0 Å². The SMILES string of the molecule is CCOc1cc(OCC)cc([PH+](C(C)(C)C)C(C)(C)C)c1.F[B-](F)(F)F. The zero-order valence-corrected chi connectivity index (χ0v) is 18.1. The number of benzene rings is 1. The van der Waals surface area contributed by atoms with Gasteiger partial charge in [0, 0.05) is 26.1 Å². The summed E-state index contributed by atoms with van der Waals surface area (Å²) in [6.07, 6.45) is 0. The second kappa shape index (κ2) is 9.82. The monoisotopic (exact) mass is 398 g/mol. The molecule has 0 bridgehead atoms. The van der Waals surface area contributed by atoms with Gasteiger partial charge < -0.3 is 26.7 Å². The van der Waals surface area contributed by atoms with E-state index < -0.39 is 15.2 Å². The number of halogens is 4. The third-order valence-corrected chi connectivity index (χ3v) is 7.16. The van der Waals surface area contributed by atoms with Crippen molar-refractivity contribution < 1.29 is 26.7 Å². The average molecular weight is 398 g/mol. The van der Waals surface area contributed by atoms with E-state index in [0.717, 1.165) is 11.5 Å². The van der Waals surface area contributed by atoms with Gasteiger partial charge in [0.25, 0.3) is 0 Å². The molecule has 1 aromatic rings. The summed E-state index contributed by atoms with van der Waals surface area (Å²) in [5.74, 6) is 1.85. The number of rotatable bonds is 5. The molecular formula is C18H32BF4O2P. The first-order valence-corrected chi connectivity index (χ1v) is 10.3. The molecule has 0 fully saturated rings. The molecule has 1 aromatic carbocycles. The average Bonchev–Trinajstić information content (AvgIpc) is 2.33. The van der Waals surface area contributed by atoms with Gasteiger partial charge in [0.15, 0.2) is 0 Å². The zero-order chi connectivity index (χ0) is 20.8. The molecule has 0 aliphatic rings. The highest BCUT2D eigenvalue weighted by Crippen LogP contribution is 2.58. The molecule has 0 saturated carbocycles. The maximum atomic E-state index is 9.75. The molecule has 1 rings (SSSR count). The van der Waals surface area contributed by atoms with E-state index in [1.807, 2.05) is 19.9 Å². The Morgan fingerprint density at radius 2 is 1.08 bits per heavy atom. The van der Waals surface area contributed by atoms with E-state index in [1.54, 1.807) is 0 Å². The van der Waals surface area contributed by atoms with Crippen LogP contribution in [-0.4, -0.2) is 30.8 Å². The summed E-state index contributed by atoms with van der Waals surface area (Å²) in [5, 5.41) is 1.95. The molecule has 152 valence electrons. The van der Waals surface area contributed by atoms with E-state index in [4.69, 9.17) is 9.47 Å². The third kappa shape index (κ3) is 10.2. The Labute approximate surface area is 156 Å². The maximum Gasteiger partial charge on any atom is 0.673 e. The van der Waals surface area contributed by atoms with Crippen LogP contribution in [0.4, 0.5) is 17.3 Å². The fourth-order valence-electron chi connectivity index (χ4n) is 3.21. The number of hydrogen-bond acceptors (Lipinski definition) is 2. The predicted octanol–water partition coefficient (Wildman–Crippen LogP) is 6.22. The van der Waals surface area contributed by atoms with E-state index in [2.05, 4.69) is 53.7 Å². The quantitative estimate of drug-likeness (QED) is 0.333. The van der Waals surface area contributed by atoms with Gasteiger partial charge in [0.1, 0.15) is 11.5 Å². The van der Waals surface area contributed by atoms with Crippen molar-refractivity contribution in [3.8, 4) is 11.5 Å². The van der Waals surface area contributed by atoms with Gasteiger partial charge >= 0.3 is 7.25 Å². The van der Waals surface area contributed by atoms with Crippen LogP contribution < -0.4 is 14.8 Å². The van der Waals surface area contributed by atoms with E-state index in [1.165, 1.54) is 5.30 Å². The summed E-state index contributed by atoms with van der Waals surface area (Å²) in [6.45, 7) is 19.5.